The van der Waals surface area contributed by atoms with Gasteiger partial charge in [0.25, 0.3) is 0 Å². The second-order valence-corrected chi connectivity index (χ2v) is 3.74. The zero-order valence-electron chi connectivity index (χ0n) is 7.89. The second-order valence-electron chi connectivity index (χ2n) is 2.89. The van der Waals surface area contributed by atoms with Crippen LogP contribution in [0.5, 0.6) is 0 Å². The Morgan fingerprint density at radius 3 is 2.87 bits per heavy atom. The molecule has 2 aromatic heterocycles. The molecule has 0 unspecified atom stereocenters. The van der Waals surface area contributed by atoms with Gasteiger partial charge in [0.2, 0.25) is 0 Å². The first kappa shape index (κ1) is 10.0. The zero-order valence-corrected chi connectivity index (χ0v) is 9.48. The molecule has 2 rings (SSSR count). The maximum atomic E-state index is 4.19. The third-order valence-corrected chi connectivity index (χ3v) is 2.48. The van der Waals surface area contributed by atoms with Gasteiger partial charge in [-0.15, -0.1) is 0 Å². The highest BCUT2D eigenvalue weighted by molar-refractivity contribution is 9.10. The van der Waals surface area contributed by atoms with Crippen molar-refractivity contribution < 1.29 is 0 Å². The minimum absolute atomic E-state index is 0.637. The number of pyridine rings is 1. The van der Waals surface area contributed by atoms with Gasteiger partial charge in [-0.25, -0.2) is 15.0 Å². The van der Waals surface area contributed by atoms with Gasteiger partial charge >= 0.3 is 0 Å². The van der Waals surface area contributed by atoms with Crippen molar-refractivity contribution in [3.63, 3.8) is 0 Å². The van der Waals surface area contributed by atoms with Crippen LogP contribution in [0, 0.1) is 0 Å². The predicted molar refractivity (Wildman–Crippen MR) is 61.3 cm³/mol. The van der Waals surface area contributed by atoms with E-state index in [1.54, 1.807) is 12.4 Å². The first-order valence-electron chi connectivity index (χ1n) is 4.45. The Hall–Kier alpha value is -1.49. The molecule has 0 atom stereocenters. The molecule has 15 heavy (non-hydrogen) atoms. The lowest BCUT2D eigenvalue weighted by molar-refractivity contribution is 0.994. The van der Waals surface area contributed by atoms with Gasteiger partial charge in [-0.3, -0.25) is 0 Å². The quantitative estimate of drug-likeness (QED) is 0.924. The third kappa shape index (κ3) is 2.73. The normalized spacial score (nSPS) is 9.93. The van der Waals surface area contributed by atoms with Crippen LogP contribution in [0.25, 0.3) is 0 Å². The number of aromatic nitrogens is 3. The highest BCUT2D eigenvalue weighted by atomic mass is 79.9. The van der Waals surface area contributed by atoms with E-state index in [9.17, 15) is 0 Å². The van der Waals surface area contributed by atoms with Crippen LogP contribution >= 0.6 is 15.9 Å². The number of anilines is 1. The van der Waals surface area contributed by atoms with E-state index < -0.39 is 0 Å². The van der Waals surface area contributed by atoms with Crippen LogP contribution in [0.2, 0.25) is 0 Å². The highest BCUT2D eigenvalue weighted by Crippen LogP contribution is 2.18. The van der Waals surface area contributed by atoms with Gasteiger partial charge in [-0.2, -0.15) is 0 Å². The van der Waals surface area contributed by atoms with Gasteiger partial charge in [-0.1, -0.05) is 0 Å². The molecule has 4 nitrogen and oxygen atoms in total. The molecule has 0 bridgehead atoms. The Balaban J connectivity index is 2.03. The average molecular weight is 265 g/mol. The maximum absolute atomic E-state index is 4.19. The molecule has 2 aromatic rings. The van der Waals surface area contributed by atoms with Crippen molar-refractivity contribution >= 4 is 21.7 Å². The molecule has 0 aromatic carbocycles. The lowest BCUT2D eigenvalue weighted by atomic mass is 10.4. The van der Waals surface area contributed by atoms with Gasteiger partial charge < -0.3 is 5.32 Å². The van der Waals surface area contributed by atoms with Crippen LogP contribution < -0.4 is 5.32 Å². The number of hydrogen-bond acceptors (Lipinski definition) is 4. The number of hydrogen-bond donors (Lipinski definition) is 1. The predicted octanol–water partition coefficient (Wildman–Crippen LogP) is 2.25. The van der Waals surface area contributed by atoms with Gasteiger partial charge in [0.1, 0.15) is 12.1 Å². The standard InChI is InChI=1S/C10H9BrN4/c11-9-2-1-4-13-10(9)14-6-8-3-5-12-7-15-8/h1-5,7H,6H2,(H,13,14). The van der Waals surface area contributed by atoms with Crippen LogP contribution in [-0.4, -0.2) is 15.0 Å². The molecule has 0 saturated carbocycles. The minimum Gasteiger partial charge on any atom is -0.363 e. The van der Waals surface area contributed by atoms with Crippen molar-refractivity contribution in [2.24, 2.45) is 0 Å². The molecule has 0 aliphatic heterocycles. The van der Waals surface area contributed by atoms with E-state index in [1.807, 2.05) is 18.2 Å². The van der Waals surface area contributed by atoms with Crippen LogP contribution in [0.3, 0.4) is 0 Å². The number of nitrogens with one attached hydrogen (secondary N) is 1. The Morgan fingerprint density at radius 2 is 2.13 bits per heavy atom. The summed E-state index contributed by atoms with van der Waals surface area (Å²) < 4.78 is 0.944. The molecule has 0 radical (unpaired) electrons. The van der Waals surface area contributed by atoms with Crippen molar-refractivity contribution in [1.29, 1.82) is 0 Å². The molecule has 5 heteroatoms. The molecule has 76 valence electrons. The molecule has 0 spiro atoms. The zero-order chi connectivity index (χ0) is 10.5. The van der Waals surface area contributed by atoms with Crippen molar-refractivity contribution in [3.8, 4) is 0 Å². The van der Waals surface area contributed by atoms with E-state index in [0.717, 1.165) is 16.0 Å². The summed E-state index contributed by atoms with van der Waals surface area (Å²) in [4.78, 5) is 12.2. The van der Waals surface area contributed by atoms with E-state index in [1.165, 1.54) is 6.33 Å². The summed E-state index contributed by atoms with van der Waals surface area (Å²) >= 11 is 3.41. The Morgan fingerprint density at radius 1 is 1.20 bits per heavy atom. The second kappa shape index (κ2) is 4.84. The van der Waals surface area contributed by atoms with Crippen molar-refractivity contribution in [1.82, 2.24) is 15.0 Å². The van der Waals surface area contributed by atoms with Crippen molar-refractivity contribution in [3.05, 3.63) is 47.1 Å². The lowest BCUT2D eigenvalue weighted by Gasteiger charge is -2.05. The molecule has 0 fully saturated rings. The van der Waals surface area contributed by atoms with E-state index in [-0.39, 0.29) is 0 Å². The van der Waals surface area contributed by atoms with E-state index >= 15 is 0 Å². The van der Waals surface area contributed by atoms with Gasteiger partial charge in [0, 0.05) is 12.4 Å². The summed E-state index contributed by atoms with van der Waals surface area (Å²) in [6, 6.07) is 5.68. The minimum atomic E-state index is 0.637. The summed E-state index contributed by atoms with van der Waals surface area (Å²) in [6.45, 7) is 0.637. The number of halogens is 1. The fourth-order valence-corrected chi connectivity index (χ4v) is 1.51. The first-order chi connectivity index (χ1) is 7.36. The Kier molecular flexibility index (Phi) is 3.24. The molecular formula is C10H9BrN4. The van der Waals surface area contributed by atoms with E-state index in [4.69, 9.17) is 0 Å². The topological polar surface area (TPSA) is 50.7 Å². The summed E-state index contributed by atoms with van der Waals surface area (Å²) in [5.41, 5.74) is 0.933. The summed E-state index contributed by atoms with van der Waals surface area (Å²) in [6.07, 6.45) is 5.00. The number of nitrogens with zero attached hydrogens (tertiary/aromatic N) is 3. The van der Waals surface area contributed by atoms with Crippen LogP contribution in [0.15, 0.2) is 41.4 Å². The largest absolute Gasteiger partial charge is 0.363 e. The molecule has 0 saturated heterocycles. The van der Waals surface area contributed by atoms with E-state index in [0.29, 0.717) is 6.54 Å². The number of rotatable bonds is 3. The van der Waals surface area contributed by atoms with Crippen molar-refractivity contribution in [2.45, 2.75) is 6.54 Å². The van der Waals surface area contributed by atoms with Crippen molar-refractivity contribution in [2.75, 3.05) is 5.32 Å². The fraction of sp³-hybridized carbons (Fsp3) is 0.100. The monoisotopic (exact) mass is 264 g/mol. The smallest absolute Gasteiger partial charge is 0.140 e. The van der Waals surface area contributed by atoms with Gasteiger partial charge in [0.15, 0.2) is 0 Å². The Bertz CT molecular complexity index is 432. The molecule has 0 aliphatic carbocycles. The SMILES string of the molecule is Brc1cccnc1NCc1ccncn1. The highest BCUT2D eigenvalue weighted by Gasteiger charge is 1.99. The Labute approximate surface area is 95.9 Å². The molecule has 0 aliphatic rings. The molecule has 1 N–H and O–H groups in total. The lowest BCUT2D eigenvalue weighted by Crippen LogP contribution is -2.03. The summed E-state index contributed by atoms with van der Waals surface area (Å²) in [5.74, 6) is 0.816. The van der Waals surface area contributed by atoms with Crippen LogP contribution in [0.4, 0.5) is 5.82 Å². The fourth-order valence-electron chi connectivity index (χ4n) is 1.11. The third-order valence-electron chi connectivity index (χ3n) is 1.84. The molecular weight excluding hydrogens is 256 g/mol. The van der Waals surface area contributed by atoms with E-state index in [2.05, 4.69) is 36.2 Å². The van der Waals surface area contributed by atoms with Gasteiger partial charge in [0.05, 0.1) is 16.7 Å². The van der Waals surface area contributed by atoms with Crippen LogP contribution in [0.1, 0.15) is 5.69 Å². The van der Waals surface area contributed by atoms with Gasteiger partial charge in [-0.05, 0) is 34.1 Å². The average Bonchev–Trinajstić information content (AvgIpc) is 2.29. The summed E-state index contributed by atoms with van der Waals surface area (Å²) in [7, 11) is 0. The summed E-state index contributed by atoms with van der Waals surface area (Å²) in [5, 5.41) is 3.18. The first-order valence-corrected chi connectivity index (χ1v) is 5.25. The maximum Gasteiger partial charge on any atom is 0.140 e. The van der Waals surface area contributed by atoms with Crippen LogP contribution in [-0.2, 0) is 6.54 Å². The molecule has 2 heterocycles. The molecule has 0 amide bonds.